The van der Waals surface area contributed by atoms with Gasteiger partial charge in [-0.05, 0) is 34.9 Å². The van der Waals surface area contributed by atoms with Gasteiger partial charge >= 0.3 is 6.18 Å². The number of alkyl halides is 3. The van der Waals surface area contributed by atoms with Crippen molar-refractivity contribution in [3.8, 4) is 0 Å². The standard InChI is InChI=1S/C23H22F3N5O3S/c1-31(35(2,33)34)20-6-4-3-5-15(20)12-27-21-19(23(24,25)26)13-28-22(30-21)29-17-8-7-14-10-18(32)11-16(14)9-17/h3-9,13H,10-12H2,1-2H3,(H2,27,28,29,30). The molecule has 0 aliphatic heterocycles. The second-order valence-corrected chi connectivity index (χ2v) is 10.2. The van der Waals surface area contributed by atoms with Crippen LogP contribution in [0, 0.1) is 0 Å². The molecule has 0 fully saturated rings. The molecule has 0 atom stereocenters. The van der Waals surface area contributed by atoms with Crippen molar-refractivity contribution in [2.75, 3.05) is 28.2 Å². The highest BCUT2D eigenvalue weighted by atomic mass is 32.2. The fraction of sp³-hybridized carbons (Fsp3) is 0.261. The van der Waals surface area contributed by atoms with E-state index in [2.05, 4.69) is 20.6 Å². The van der Waals surface area contributed by atoms with Gasteiger partial charge < -0.3 is 10.6 Å². The summed E-state index contributed by atoms with van der Waals surface area (Å²) in [7, 11) is -2.21. The molecule has 0 amide bonds. The summed E-state index contributed by atoms with van der Waals surface area (Å²) in [6.07, 6.45) is -2.31. The zero-order valence-electron chi connectivity index (χ0n) is 18.8. The lowest BCUT2D eigenvalue weighted by molar-refractivity contribution is -0.137. The van der Waals surface area contributed by atoms with Gasteiger partial charge in [0, 0.05) is 38.3 Å². The van der Waals surface area contributed by atoms with Crippen LogP contribution in [0.2, 0.25) is 0 Å². The predicted octanol–water partition coefficient (Wildman–Crippen LogP) is 3.91. The third-order valence-corrected chi connectivity index (χ3v) is 6.80. The van der Waals surface area contributed by atoms with E-state index in [0.717, 1.165) is 21.7 Å². The van der Waals surface area contributed by atoms with Crippen LogP contribution in [0.15, 0.2) is 48.7 Å². The van der Waals surface area contributed by atoms with E-state index in [1.165, 1.54) is 7.05 Å². The number of benzene rings is 2. The molecule has 1 heterocycles. The van der Waals surface area contributed by atoms with Gasteiger partial charge in [0.25, 0.3) is 0 Å². The van der Waals surface area contributed by atoms with E-state index >= 15 is 0 Å². The molecular formula is C23H22F3N5O3S. The van der Waals surface area contributed by atoms with Crippen LogP contribution in [0.1, 0.15) is 22.3 Å². The monoisotopic (exact) mass is 505 g/mol. The largest absolute Gasteiger partial charge is 0.421 e. The molecule has 1 aliphatic carbocycles. The van der Waals surface area contributed by atoms with Crippen LogP contribution >= 0.6 is 0 Å². The average Bonchev–Trinajstić information content (AvgIpc) is 3.15. The zero-order valence-corrected chi connectivity index (χ0v) is 19.7. The van der Waals surface area contributed by atoms with Crippen LogP contribution in [0.3, 0.4) is 0 Å². The van der Waals surface area contributed by atoms with Crippen molar-refractivity contribution in [2.45, 2.75) is 25.6 Å². The number of fused-ring (bicyclic) bond motifs is 1. The molecule has 35 heavy (non-hydrogen) atoms. The van der Waals surface area contributed by atoms with Gasteiger partial charge in [-0.2, -0.15) is 18.2 Å². The molecule has 1 aromatic heterocycles. The number of rotatable bonds is 7. The van der Waals surface area contributed by atoms with E-state index in [1.54, 1.807) is 42.5 Å². The van der Waals surface area contributed by atoms with Crippen LogP contribution in [-0.2, 0) is 40.4 Å². The van der Waals surface area contributed by atoms with Gasteiger partial charge in [-0.1, -0.05) is 24.3 Å². The Balaban J connectivity index is 1.61. The lowest BCUT2D eigenvalue weighted by Crippen LogP contribution is -2.26. The van der Waals surface area contributed by atoms with Gasteiger partial charge in [0.15, 0.2) is 0 Å². The third-order valence-electron chi connectivity index (χ3n) is 5.61. The molecule has 3 aromatic rings. The number of nitrogens with zero attached hydrogens (tertiary/aromatic N) is 3. The minimum atomic E-state index is -4.71. The topological polar surface area (TPSA) is 104 Å². The van der Waals surface area contributed by atoms with E-state index in [-0.39, 0.29) is 18.3 Å². The van der Waals surface area contributed by atoms with E-state index in [9.17, 15) is 26.4 Å². The number of ketones is 1. The number of anilines is 4. The predicted molar refractivity (Wildman–Crippen MR) is 126 cm³/mol. The Labute approximate surface area is 200 Å². The number of sulfonamides is 1. The summed E-state index contributed by atoms with van der Waals surface area (Å²) in [6.45, 7) is -0.115. The van der Waals surface area contributed by atoms with Crippen molar-refractivity contribution < 1.29 is 26.4 Å². The lowest BCUT2D eigenvalue weighted by Gasteiger charge is -2.21. The average molecular weight is 506 g/mol. The first-order chi connectivity index (χ1) is 16.4. The Kier molecular flexibility index (Phi) is 6.41. The molecule has 2 aromatic carbocycles. The first-order valence-electron chi connectivity index (χ1n) is 10.5. The van der Waals surface area contributed by atoms with Crippen LogP contribution in [0.5, 0.6) is 0 Å². The molecule has 1 aliphatic rings. The maximum atomic E-state index is 13.6. The fourth-order valence-corrected chi connectivity index (χ4v) is 4.30. The molecule has 2 N–H and O–H groups in total. The van der Waals surface area contributed by atoms with Crippen molar-refractivity contribution in [1.82, 2.24) is 9.97 Å². The molecule has 0 saturated heterocycles. The Morgan fingerprint density at radius 2 is 1.80 bits per heavy atom. The number of Topliss-reactive ketones (excluding diaryl/α,β-unsaturated/α-hetero) is 1. The normalized spacial score (nSPS) is 13.5. The van der Waals surface area contributed by atoms with E-state index in [1.807, 2.05) is 0 Å². The fourth-order valence-electron chi connectivity index (χ4n) is 3.77. The first kappa shape index (κ1) is 24.5. The van der Waals surface area contributed by atoms with Gasteiger partial charge in [0.05, 0.1) is 11.9 Å². The maximum Gasteiger partial charge on any atom is 0.421 e. The highest BCUT2D eigenvalue weighted by Crippen LogP contribution is 2.35. The molecular weight excluding hydrogens is 483 g/mol. The summed E-state index contributed by atoms with van der Waals surface area (Å²) in [5, 5.41) is 5.57. The summed E-state index contributed by atoms with van der Waals surface area (Å²) < 4.78 is 65.8. The van der Waals surface area contributed by atoms with Gasteiger partial charge in [-0.3, -0.25) is 9.10 Å². The quantitative estimate of drug-likeness (QED) is 0.502. The van der Waals surface area contributed by atoms with Gasteiger partial charge in [-0.15, -0.1) is 0 Å². The molecule has 0 bridgehead atoms. The van der Waals surface area contributed by atoms with E-state index in [0.29, 0.717) is 36.0 Å². The number of halogens is 3. The molecule has 184 valence electrons. The van der Waals surface area contributed by atoms with Gasteiger partial charge in [0.2, 0.25) is 16.0 Å². The van der Waals surface area contributed by atoms with Crippen molar-refractivity contribution in [3.63, 3.8) is 0 Å². The molecule has 4 rings (SSSR count). The number of carbonyl (C=O) groups is 1. The number of hydrogen-bond donors (Lipinski definition) is 2. The Morgan fingerprint density at radius 3 is 2.51 bits per heavy atom. The zero-order chi connectivity index (χ0) is 25.4. The van der Waals surface area contributed by atoms with Crippen molar-refractivity contribution in [2.24, 2.45) is 0 Å². The highest BCUT2D eigenvalue weighted by molar-refractivity contribution is 7.92. The summed E-state index contributed by atoms with van der Waals surface area (Å²) >= 11 is 0. The minimum Gasteiger partial charge on any atom is -0.365 e. The second kappa shape index (κ2) is 9.17. The number of hydrogen-bond acceptors (Lipinski definition) is 7. The van der Waals surface area contributed by atoms with Crippen molar-refractivity contribution >= 4 is 38.9 Å². The first-order valence-corrected chi connectivity index (χ1v) is 12.4. The number of para-hydroxylation sites is 1. The summed E-state index contributed by atoms with van der Waals surface area (Å²) in [4.78, 5) is 19.5. The van der Waals surface area contributed by atoms with E-state index in [4.69, 9.17) is 0 Å². The van der Waals surface area contributed by atoms with Gasteiger partial charge in [-0.25, -0.2) is 13.4 Å². The molecule has 0 spiro atoms. The molecule has 0 unspecified atom stereocenters. The Morgan fingerprint density at radius 1 is 1.09 bits per heavy atom. The van der Waals surface area contributed by atoms with Crippen LogP contribution < -0.4 is 14.9 Å². The number of aromatic nitrogens is 2. The van der Waals surface area contributed by atoms with Crippen LogP contribution in [0.4, 0.5) is 36.3 Å². The second-order valence-electron chi connectivity index (χ2n) is 8.17. The summed E-state index contributed by atoms with van der Waals surface area (Å²) in [5.41, 5.74) is 2.06. The third kappa shape index (κ3) is 5.53. The van der Waals surface area contributed by atoms with Crippen molar-refractivity contribution in [3.05, 3.63) is 70.9 Å². The highest BCUT2D eigenvalue weighted by Gasteiger charge is 2.35. The van der Waals surface area contributed by atoms with Gasteiger partial charge in [0.1, 0.15) is 17.2 Å². The smallest absolute Gasteiger partial charge is 0.365 e. The summed E-state index contributed by atoms with van der Waals surface area (Å²) in [5.74, 6) is -0.411. The van der Waals surface area contributed by atoms with Crippen LogP contribution in [0.25, 0.3) is 0 Å². The Hall–Kier alpha value is -3.67. The molecule has 0 saturated carbocycles. The molecule has 12 heteroatoms. The minimum absolute atomic E-state index is 0.0636. The Bertz CT molecular complexity index is 1390. The van der Waals surface area contributed by atoms with Crippen LogP contribution in [-0.4, -0.2) is 37.5 Å². The SMILES string of the molecule is CN(c1ccccc1CNc1nc(Nc2ccc3c(c2)CC(=O)C3)ncc1C(F)(F)F)S(C)(=O)=O. The lowest BCUT2D eigenvalue weighted by atomic mass is 10.1. The van der Waals surface area contributed by atoms with Crippen molar-refractivity contribution in [1.29, 1.82) is 0 Å². The number of carbonyl (C=O) groups excluding carboxylic acids is 1. The maximum absolute atomic E-state index is 13.6. The summed E-state index contributed by atoms with van der Waals surface area (Å²) in [6, 6.07) is 11.7. The van der Waals surface area contributed by atoms with E-state index < -0.39 is 27.6 Å². The molecule has 0 radical (unpaired) electrons. The molecule has 8 nitrogen and oxygen atoms in total. The number of nitrogens with one attached hydrogen (secondary N) is 2.